The van der Waals surface area contributed by atoms with Crippen molar-refractivity contribution in [3.05, 3.63) is 28.4 Å². The maximum absolute atomic E-state index is 5.47. The zero-order valence-electron chi connectivity index (χ0n) is 12.4. The van der Waals surface area contributed by atoms with Crippen molar-refractivity contribution in [1.29, 1.82) is 0 Å². The Balaban J connectivity index is 2.33. The topological polar surface area (TPSA) is 102 Å². The molecular formula is C13H20N6O. The number of anilines is 2. The lowest BCUT2D eigenvalue weighted by Gasteiger charge is -2.17. The zero-order valence-corrected chi connectivity index (χ0v) is 12.4. The van der Waals surface area contributed by atoms with Gasteiger partial charge in [-0.1, -0.05) is 5.16 Å². The number of rotatable bonds is 4. The number of nitrogens with two attached hydrogens (primary N) is 1. The van der Waals surface area contributed by atoms with Gasteiger partial charge in [-0.25, -0.2) is 15.8 Å². The summed E-state index contributed by atoms with van der Waals surface area (Å²) in [5, 5.41) is 7.34. The summed E-state index contributed by atoms with van der Waals surface area (Å²) in [7, 11) is 0. The van der Waals surface area contributed by atoms with Crippen LogP contribution in [0.15, 0.2) is 4.52 Å². The van der Waals surface area contributed by atoms with Gasteiger partial charge < -0.3 is 15.3 Å². The van der Waals surface area contributed by atoms with E-state index in [1.54, 1.807) is 0 Å². The fourth-order valence-electron chi connectivity index (χ4n) is 2.30. The summed E-state index contributed by atoms with van der Waals surface area (Å²) in [5.41, 5.74) is 5.38. The highest BCUT2D eigenvalue weighted by Gasteiger charge is 2.18. The number of hydrogen-bond acceptors (Lipinski definition) is 7. The van der Waals surface area contributed by atoms with Crippen LogP contribution in [0.4, 0.5) is 11.6 Å². The van der Waals surface area contributed by atoms with E-state index in [4.69, 9.17) is 10.4 Å². The lowest BCUT2D eigenvalue weighted by Crippen LogP contribution is -2.16. The van der Waals surface area contributed by atoms with Gasteiger partial charge in [0.05, 0.1) is 11.7 Å². The molecule has 2 rings (SSSR count). The molecule has 0 radical (unpaired) electrons. The number of aromatic nitrogens is 3. The quantitative estimate of drug-likeness (QED) is 0.581. The van der Waals surface area contributed by atoms with E-state index in [-0.39, 0.29) is 6.04 Å². The van der Waals surface area contributed by atoms with Crippen molar-refractivity contribution in [3.63, 3.8) is 0 Å². The molecule has 0 aromatic carbocycles. The van der Waals surface area contributed by atoms with E-state index in [9.17, 15) is 0 Å². The van der Waals surface area contributed by atoms with Crippen LogP contribution in [0, 0.1) is 27.7 Å². The summed E-state index contributed by atoms with van der Waals surface area (Å²) in [5.74, 6) is 8.29. The minimum absolute atomic E-state index is 0.0277. The Kier molecular flexibility index (Phi) is 3.89. The summed E-state index contributed by atoms with van der Waals surface area (Å²) in [6.45, 7) is 9.61. The Morgan fingerprint density at radius 2 is 1.75 bits per heavy atom. The predicted octanol–water partition coefficient (Wildman–Crippen LogP) is 2.16. The van der Waals surface area contributed by atoms with Gasteiger partial charge in [0.15, 0.2) is 0 Å². The lowest BCUT2D eigenvalue weighted by molar-refractivity contribution is 0.392. The zero-order chi connectivity index (χ0) is 14.9. The minimum Gasteiger partial charge on any atom is -0.363 e. The fourth-order valence-corrected chi connectivity index (χ4v) is 2.30. The Morgan fingerprint density at radius 1 is 1.10 bits per heavy atom. The molecule has 1 atom stereocenters. The Morgan fingerprint density at radius 3 is 2.30 bits per heavy atom. The van der Waals surface area contributed by atoms with E-state index >= 15 is 0 Å². The van der Waals surface area contributed by atoms with Gasteiger partial charge in [-0.15, -0.1) is 0 Å². The van der Waals surface area contributed by atoms with E-state index in [0.29, 0.717) is 11.6 Å². The van der Waals surface area contributed by atoms with Crippen LogP contribution in [0.2, 0.25) is 0 Å². The Bertz CT molecular complexity index is 602. The average Bonchev–Trinajstić information content (AvgIpc) is 2.73. The third-order valence-electron chi connectivity index (χ3n) is 3.27. The molecule has 2 aromatic rings. The van der Waals surface area contributed by atoms with E-state index in [2.05, 4.69) is 25.9 Å². The van der Waals surface area contributed by atoms with Crippen LogP contribution in [0.1, 0.15) is 41.4 Å². The molecule has 20 heavy (non-hydrogen) atoms. The first kappa shape index (κ1) is 14.3. The maximum Gasteiger partial charge on any atom is 0.148 e. The van der Waals surface area contributed by atoms with Crippen molar-refractivity contribution in [2.24, 2.45) is 5.84 Å². The predicted molar refractivity (Wildman–Crippen MR) is 77.3 cm³/mol. The average molecular weight is 276 g/mol. The molecule has 2 aromatic heterocycles. The van der Waals surface area contributed by atoms with Crippen LogP contribution < -0.4 is 16.6 Å². The van der Waals surface area contributed by atoms with Crippen LogP contribution in [-0.2, 0) is 0 Å². The van der Waals surface area contributed by atoms with Crippen LogP contribution in [-0.4, -0.2) is 15.1 Å². The first-order chi connectivity index (χ1) is 9.43. The van der Waals surface area contributed by atoms with E-state index in [1.165, 1.54) is 0 Å². The monoisotopic (exact) mass is 276 g/mol. The molecule has 7 heteroatoms. The molecular weight excluding hydrogens is 256 g/mol. The number of hydrazine groups is 1. The summed E-state index contributed by atoms with van der Waals surface area (Å²) >= 11 is 0. The van der Waals surface area contributed by atoms with E-state index < -0.39 is 0 Å². The normalized spacial score (nSPS) is 12.3. The third kappa shape index (κ3) is 2.57. The van der Waals surface area contributed by atoms with Crippen LogP contribution in [0.25, 0.3) is 0 Å². The molecule has 0 amide bonds. The highest BCUT2D eigenvalue weighted by molar-refractivity contribution is 5.57. The van der Waals surface area contributed by atoms with Crippen molar-refractivity contribution in [3.8, 4) is 0 Å². The Labute approximate surface area is 117 Å². The van der Waals surface area contributed by atoms with E-state index in [1.807, 2.05) is 34.6 Å². The molecule has 4 N–H and O–H groups in total. The molecule has 0 bridgehead atoms. The van der Waals surface area contributed by atoms with Crippen LogP contribution in [0.3, 0.4) is 0 Å². The van der Waals surface area contributed by atoms with Crippen LogP contribution in [0.5, 0.6) is 0 Å². The van der Waals surface area contributed by atoms with Crippen molar-refractivity contribution in [2.45, 2.75) is 40.7 Å². The fraction of sp³-hybridized carbons (Fsp3) is 0.462. The number of hydrogen-bond donors (Lipinski definition) is 3. The molecule has 2 heterocycles. The van der Waals surface area contributed by atoms with Gasteiger partial charge in [-0.2, -0.15) is 0 Å². The van der Waals surface area contributed by atoms with Gasteiger partial charge >= 0.3 is 0 Å². The lowest BCUT2D eigenvalue weighted by atomic mass is 10.1. The molecule has 0 saturated heterocycles. The highest BCUT2D eigenvalue weighted by atomic mass is 16.5. The van der Waals surface area contributed by atoms with Crippen LogP contribution >= 0.6 is 0 Å². The number of nitrogens with zero attached hydrogens (tertiary/aromatic N) is 3. The standard InChI is InChI=1S/C13H20N6O/c1-6-12(16-10(5)17-13(6)18-14)15-7(2)11-8(3)19-20-9(11)4/h7H,14H2,1-5H3,(H2,15,16,17,18). The first-order valence-electron chi connectivity index (χ1n) is 6.45. The SMILES string of the molecule is Cc1nc(NN)c(C)c(NC(C)c2c(C)noc2C)n1. The maximum atomic E-state index is 5.47. The second-order valence-corrected chi connectivity index (χ2v) is 4.84. The molecule has 1 unspecified atom stereocenters. The van der Waals surface area contributed by atoms with Gasteiger partial charge in [-0.3, -0.25) is 0 Å². The molecule has 0 aliphatic heterocycles. The van der Waals surface area contributed by atoms with Crippen molar-refractivity contribution in [2.75, 3.05) is 10.7 Å². The molecule has 108 valence electrons. The van der Waals surface area contributed by atoms with E-state index in [0.717, 1.165) is 28.4 Å². The third-order valence-corrected chi connectivity index (χ3v) is 3.27. The summed E-state index contributed by atoms with van der Waals surface area (Å²) < 4.78 is 5.20. The Hall–Kier alpha value is -2.15. The van der Waals surface area contributed by atoms with Gasteiger partial charge in [-0.05, 0) is 34.6 Å². The smallest absolute Gasteiger partial charge is 0.148 e. The van der Waals surface area contributed by atoms with Crippen molar-refractivity contribution < 1.29 is 4.52 Å². The summed E-state index contributed by atoms with van der Waals surface area (Å²) in [6, 6.07) is 0.0277. The molecule has 0 aliphatic rings. The molecule has 0 fully saturated rings. The summed E-state index contributed by atoms with van der Waals surface area (Å²) in [6.07, 6.45) is 0. The molecule has 0 aliphatic carbocycles. The minimum atomic E-state index is 0.0277. The number of aryl methyl sites for hydroxylation is 3. The highest BCUT2D eigenvalue weighted by Crippen LogP contribution is 2.27. The molecule has 0 saturated carbocycles. The van der Waals surface area contributed by atoms with Gasteiger partial charge in [0, 0.05) is 11.1 Å². The largest absolute Gasteiger partial charge is 0.363 e. The van der Waals surface area contributed by atoms with Crippen molar-refractivity contribution in [1.82, 2.24) is 15.1 Å². The number of nitrogens with one attached hydrogen (secondary N) is 2. The van der Waals surface area contributed by atoms with Gasteiger partial charge in [0.2, 0.25) is 0 Å². The molecule has 7 nitrogen and oxygen atoms in total. The van der Waals surface area contributed by atoms with Gasteiger partial charge in [0.1, 0.15) is 23.2 Å². The molecule has 0 spiro atoms. The second kappa shape index (κ2) is 5.46. The first-order valence-corrected chi connectivity index (χ1v) is 6.45. The number of nitrogen functional groups attached to an aromatic ring is 1. The van der Waals surface area contributed by atoms with Crippen molar-refractivity contribution >= 4 is 11.6 Å². The van der Waals surface area contributed by atoms with Gasteiger partial charge in [0.25, 0.3) is 0 Å². The summed E-state index contributed by atoms with van der Waals surface area (Å²) in [4.78, 5) is 8.66. The second-order valence-electron chi connectivity index (χ2n) is 4.84.